The van der Waals surface area contributed by atoms with E-state index < -0.39 is 10.0 Å². The van der Waals surface area contributed by atoms with Crippen LogP contribution in [0.1, 0.15) is 63.0 Å². The van der Waals surface area contributed by atoms with E-state index in [0.29, 0.717) is 0 Å². The third-order valence-electron chi connectivity index (χ3n) is 7.81. The van der Waals surface area contributed by atoms with Crippen molar-refractivity contribution >= 4 is 15.9 Å². The molecule has 4 aliphatic carbocycles. The SMILES string of the molecule is Cc1ccc(S(=O)(=O)NCCC(=O)NC(C)C23CC4CC(CC(C4)C2)C3)cc1C. The van der Waals surface area contributed by atoms with Crippen LogP contribution in [-0.4, -0.2) is 26.9 Å². The van der Waals surface area contributed by atoms with E-state index in [-0.39, 0.29) is 35.2 Å². The molecule has 4 bridgehead atoms. The van der Waals surface area contributed by atoms with Gasteiger partial charge in [0.2, 0.25) is 15.9 Å². The minimum absolute atomic E-state index is 0.0592. The molecule has 1 amide bonds. The number of hydrogen-bond donors (Lipinski definition) is 2. The molecule has 4 aliphatic rings. The summed E-state index contributed by atoms with van der Waals surface area (Å²) in [6.45, 7) is 6.13. The lowest BCUT2D eigenvalue weighted by atomic mass is 9.48. The Labute approximate surface area is 175 Å². The van der Waals surface area contributed by atoms with E-state index >= 15 is 0 Å². The van der Waals surface area contributed by atoms with Crippen molar-refractivity contribution in [3.63, 3.8) is 0 Å². The molecule has 6 heteroatoms. The molecule has 5 rings (SSSR count). The Morgan fingerprint density at radius 3 is 2.21 bits per heavy atom. The van der Waals surface area contributed by atoms with Crippen LogP contribution in [0.15, 0.2) is 23.1 Å². The molecule has 0 spiro atoms. The average molecular weight is 419 g/mol. The predicted molar refractivity (Wildman–Crippen MR) is 114 cm³/mol. The molecule has 4 fully saturated rings. The van der Waals surface area contributed by atoms with E-state index in [1.807, 2.05) is 19.9 Å². The Kier molecular flexibility index (Phi) is 5.53. The molecule has 4 saturated carbocycles. The largest absolute Gasteiger partial charge is 0.353 e. The lowest BCUT2D eigenvalue weighted by molar-refractivity contribution is -0.125. The molecule has 1 atom stereocenters. The van der Waals surface area contributed by atoms with Crippen molar-refractivity contribution in [2.24, 2.45) is 23.2 Å². The first-order valence-electron chi connectivity index (χ1n) is 11.0. The molecule has 0 heterocycles. The minimum atomic E-state index is -3.59. The van der Waals surface area contributed by atoms with Gasteiger partial charge in [0, 0.05) is 19.0 Å². The van der Waals surface area contributed by atoms with Gasteiger partial charge in [-0.2, -0.15) is 0 Å². The number of carbonyl (C=O) groups excluding carboxylic acids is 1. The van der Waals surface area contributed by atoms with Crippen LogP contribution < -0.4 is 10.0 Å². The van der Waals surface area contributed by atoms with E-state index in [0.717, 1.165) is 28.9 Å². The third-order valence-corrected chi connectivity index (χ3v) is 9.27. The third kappa shape index (κ3) is 4.24. The van der Waals surface area contributed by atoms with Crippen LogP contribution in [0.3, 0.4) is 0 Å². The first-order chi connectivity index (χ1) is 13.7. The predicted octanol–water partition coefficient (Wildman–Crippen LogP) is 3.69. The quantitative estimate of drug-likeness (QED) is 0.709. The normalized spacial score (nSPS) is 31.6. The van der Waals surface area contributed by atoms with Gasteiger partial charge >= 0.3 is 0 Å². The summed E-state index contributed by atoms with van der Waals surface area (Å²) in [6, 6.07) is 5.26. The first kappa shape index (κ1) is 20.9. The summed E-state index contributed by atoms with van der Waals surface area (Å²) in [5, 5.41) is 3.21. The Bertz CT molecular complexity index is 858. The molecule has 0 aromatic heterocycles. The lowest BCUT2D eigenvalue weighted by Crippen LogP contribution is -2.56. The summed E-state index contributed by atoms with van der Waals surface area (Å²) >= 11 is 0. The van der Waals surface area contributed by atoms with E-state index in [1.165, 1.54) is 38.5 Å². The number of nitrogens with one attached hydrogen (secondary N) is 2. The Hall–Kier alpha value is -1.40. The molecule has 0 aliphatic heterocycles. The van der Waals surface area contributed by atoms with Crippen LogP contribution in [-0.2, 0) is 14.8 Å². The van der Waals surface area contributed by atoms with Gasteiger partial charge in [0.05, 0.1) is 4.90 Å². The van der Waals surface area contributed by atoms with Gasteiger partial charge in [-0.05, 0) is 106 Å². The highest BCUT2D eigenvalue weighted by molar-refractivity contribution is 7.89. The van der Waals surface area contributed by atoms with Gasteiger partial charge < -0.3 is 5.32 Å². The Balaban J connectivity index is 1.29. The van der Waals surface area contributed by atoms with Crippen molar-refractivity contribution < 1.29 is 13.2 Å². The van der Waals surface area contributed by atoms with Gasteiger partial charge in [-0.3, -0.25) is 4.79 Å². The van der Waals surface area contributed by atoms with E-state index in [4.69, 9.17) is 0 Å². The molecule has 1 aromatic carbocycles. The summed E-state index contributed by atoms with van der Waals surface area (Å²) < 4.78 is 27.5. The lowest BCUT2D eigenvalue weighted by Gasteiger charge is -2.59. The maximum absolute atomic E-state index is 12.5. The summed E-state index contributed by atoms with van der Waals surface area (Å²) in [7, 11) is -3.59. The molecular formula is C23H34N2O3S. The zero-order valence-corrected chi connectivity index (χ0v) is 18.6. The number of hydrogen-bond acceptors (Lipinski definition) is 3. The van der Waals surface area contributed by atoms with E-state index in [9.17, 15) is 13.2 Å². The van der Waals surface area contributed by atoms with Gasteiger partial charge in [0.15, 0.2) is 0 Å². The van der Waals surface area contributed by atoms with Crippen LogP contribution in [0.4, 0.5) is 0 Å². The molecule has 0 radical (unpaired) electrons. The zero-order valence-electron chi connectivity index (χ0n) is 17.8. The van der Waals surface area contributed by atoms with Crippen molar-refractivity contribution in [3.8, 4) is 0 Å². The van der Waals surface area contributed by atoms with Crippen LogP contribution in [0.5, 0.6) is 0 Å². The molecule has 29 heavy (non-hydrogen) atoms. The Morgan fingerprint density at radius 2 is 1.66 bits per heavy atom. The number of rotatable bonds is 7. The van der Waals surface area contributed by atoms with Crippen LogP contribution >= 0.6 is 0 Å². The molecule has 5 nitrogen and oxygen atoms in total. The summed E-state index contributed by atoms with van der Waals surface area (Å²) in [5.41, 5.74) is 2.26. The highest BCUT2D eigenvalue weighted by atomic mass is 32.2. The van der Waals surface area contributed by atoms with Gasteiger partial charge in [0.25, 0.3) is 0 Å². The fourth-order valence-corrected chi connectivity index (χ4v) is 7.55. The van der Waals surface area contributed by atoms with Crippen molar-refractivity contribution in [2.45, 2.75) is 76.7 Å². The second-order valence-corrected chi connectivity index (χ2v) is 11.7. The maximum Gasteiger partial charge on any atom is 0.240 e. The molecule has 1 unspecified atom stereocenters. The summed E-state index contributed by atoms with van der Waals surface area (Å²) in [6.07, 6.45) is 8.08. The van der Waals surface area contributed by atoms with Crippen LogP contribution in [0, 0.1) is 37.0 Å². The highest BCUT2D eigenvalue weighted by Gasteiger charge is 2.53. The maximum atomic E-state index is 12.5. The van der Waals surface area contributed by atoms with Gasteiger partial charge in [-0.25, -0.2) is 13.1 Å². The molecule has 2 N–H and O–H groups in total. The number of carbonyl (C=O) groups is 1. The number of sulfonamides is 1. The first-order valence-corrected chi connectivity index (χ1v) is 12.5. The van der Waals surface area contributed by atoms with Crippen molar-refractivity contribution in [2.75, 3.05) is 6.54 Å². The second-order valence-electron chi connectivity index (χ2n) is 9.96. The standard InChI is InChI=1S/C23H34N2O3S/c1-15-4-5-21(8-16(15)2)29(27,28)24-7-6-22(26)25-17(3)23-12-18-9-19(13-23)11-20(10-18)14-23/h4-5,8,17-20,24H,6-7,9-14H2,1-3H3,(H,25,26). The highest BCUT2D eigenvalue weighted by Crippen LogP contribution is 2.61. The molecular weight excluding hydrogens is 384 g/mol. The van der Waals surface area contributed by atoms with Crippen molar-refractivity contribution in [1.29, 1.82) is 0 Å². The summed E-state index contributed by atoms with van der Waals surface area (Å²) in [5.74, 6) is 2.50. The number of benzene rings is 1. The monoisotopic (exact) mass is 418 g/mol. The molecule has 160 valence electrons. The summed E-state index contributed by atoms with van der Waals surface area (Å²) in [4.78, 5) is 12.8. The minimum Gasteiger partial charge on any atom is -0.353 e. The van der Waals surface area contributed by atoms with Gasteiger partial charge in [-0.1, -0.05) is 6.07 Å². The van der Waals surface area contributed by atoms with Crippen molar-refractivity contribution in [3.05, 3.63) is 29.3 Å². The molecule has 0 saturated heterocycles. The Morgan fingerprint density at radius 1 is 1.07 bits per heavy atom. The van der Waals surface area contributed by atoms with Crippen LogP contribution in [0.25, 0.3) is 0 Å². The molecule has 1 aromatic rings. The van der Waals surface area contributed by atoms with Gasteiger partial charge in [0.1, 0.15) is 0 Å². The zero-order chi connectivity index (χ0) is 20.8. The van der Waals surface area contributed by atoms with Crippen LogP contribution in [0.2, 0.25) is 0 Å². The number of aryl methyl sites for hydroxylation is 2. The fraction of sp³-hybridized carbons (Fsp3) is 0.696. The van der Waals surface area contributed by atoms with Gasteiger partial charge in [-0.15, -0.1) is 0 Å². The second kappa shape index (κ2) is 7.69. The number of amides is 1. The smallest absolute Gasteiger partial charge is 0.240 e. The van der Waals surface area contributed by atoms with E-state index in [2.05, 4.69) is 17.0 Å². The van der Waals surface area contributed by atoms with Crippen molar-refractivity contribution in [1.82, 2.24) is 10.0 Å². The topological polar surface area (TPSA) is 75.3 Å². The fourth-order valence-electron chi connectivity index (χ4n) is 6.44. The average Bonchev–Trinajstić information content (AvgIpc) is 2.62. The van der Waals surface area contributed by atoms with E-state index in [1.54, 1.807) is 12.1 Å².